The van der Waals surface area contributed by atoms with Gasteiger partial charge in [0.15, 0.2) is 11.5 Å². The molecule has 1 aliphatic carbocycles. The first kappa shape index (κ1) is 15.3. The van der Waals surface area contributed by atoms with Gasteiger partial charge in [-0.15, -0.1) is 0 Å². The van der Waals surface area contributed by atoms with E-state index in [4.69, 9.17) is 14.2 Å². The summed E-state index contributed by atoms with van der Waals surface area (Å²) >= 11 is 0. The lowest BCUT2D eigenvalue weighted by atomic mass is 10.1. The molecular formula is C21H19NO4. The quantitative estimate of drug-likeness (QED) is 0.885. The van der Waals surface area contributed by atoms with Gasteiger partial charge in [-0.1, -0.05) is 18.2 Å². The molecule has 2 aromatic rings. The summed E-state index contributed by atoms with van der Waals surface area (Å²) in [5, 5.41) is 2.93. The second-order valence-corrected chi connectivity index (χ2v) is 6.93. The number of amides is 1. The Hall–Kier alpha value is -2.95. The number of rotatable bonds is 2. The minimum atomic E-state index is -0.492. The maximum atomic E-state index is 12.6. The van der Waals surface area contributed by atoms with Crippen LogP contribution in [0, 0.1) is 0 Å². The smallest absolute Gasteiger partial charge is 0.255 e. The third-order valence-electron chi connectivity index (χ3n) is 5.08. The largest absolute Gasteiger partial charge is 0.488 e. The number of hydrogen-bond acceptors (Lipinski definition) is 4. The summed E-state index contributed by atoms with van der Waals surface area (Å²) in [6.07, 6.45) is 5.93. The first-order valence-electron chi connectivity index (χ1n) is 8.97. The van der Waals surface area contributed by atoms with Crippen LogP contribution in [0.1, 0.15) is 31.2 Å². The number of ether oxygens (including phenoxy) is 3. The molecule has 3 aliphatic rings. The van der Waals surface area contributed by atoms with E-state index in [1.807, 2.05) is 48.5 Å². The average molecular weight is 349 g/mol. The van der Waals surface area contributed by atoms with E-state index in [2.05, 4.69) is 5.32 Å². The van der Waals surface area contributed by atoms with Crippen LogP contribution in [-0.4, -0.2) is 18.3 Å². The van der Waals surface area contributed by atoms with Gasteiger partial charge in [-0.05, 0) is 37.1 Å². The molecule has 1 saturated carbocycles. The molecule has 2 aromatic carbocycles. The highest BCUT2D eigenvalue weighted by Crippen LogP contribution is 2.47. The van der Waals surface area contributed by atoms with Crippen LogP contribution in [-0.2, 0) is 4.79 Å². The molecule has 5 heteroatoms. The van der Waals surface area contributed by atoms with Crippen molar-refractivity contribution in [1.29, 1.82) is 0 Å². The molecule has 2 heterocycles. The monoisotopic (exact) mass is 349 g/mol. The van der Waals surface area contributed by atoms with Crippen molar-refractivity contribution < 1.29 is 19.0 Å². The van der Waals surface area contributed by atoms with Gasteiger partial charge in [-0.25, -0.2) is 0 Å². The molecule has 0 saturated heterocycles. The van der Waals surface area contributed by atoms with Gasteiger partial charge in [0.2, 0.25) is 0 Å². The fourth-order valence-corrected chi connectivity index (χ4v) is 3.75. The predicted molar refractivity (Wildman–Crippen MR) is 97.4 cm³/mol. The molecule has 1 amide bonds. The van der Waals surface area contributed by atoms with Gasteiger partial charge in [0, 0.05) is 30.2 Å². The molecule has 0 atom stereocenters. The third-order valence-corrected chi connectivity index (χ3v) is 5.08. The number of fused-ring (bicyclic) bond motifs is 2. The van der Waals surface area contributed by atoms with E-state index in [0.29, 0.717) is 17.0 Å². The lowest BCUT2D eigenvalue weighted by Gasteiger charge is -2.21. The minimum Gasteiger partial charge on any atom is -0.488 e. The zero-order valence-corrected chi connectivity index (χ0v) is 14.3. The SMILES string of the molecule is O=C(Nc1ccc2c(c1)OC1(CCCC1)O2)C1=Cc2ccccc2OC1. The van der Waals surface area contributed by atoms with Gasteiger partial charge in [0.1, 0.15) is 12.4 Å². The number of carbonyl (C=O) groups excluding carboxylic acids is 1. The van der Waals surface area contributed by atoms with Crippen LogP contribution < -0.4 is 19.5 Å². The predicted octanol–water partition coefficient (Wildman–Crippen LogP) is 4.14. The molecule has 2 aliphatic heterocycles. The molecule has 1 fully saturated rings. The van der Waals surface area contributed by atoms with Gasteiger partial charge in [0.25, 0.3) is 11.7 Å². The van der Waals surface area contributed by atoms with Gasteiger partial charge in [-0.2, -0.15) is 0 Å². The van der Waals surface area contributed by atoms with E-state index >= 15 is 0 Å². The van der Waals surface area contributed by atoms with Gasteiger partial charge < -0.3 is 19.5 Å². The Morgan fingerprint density at radius 1 is 0.962 bits per heavy atom. The summed E-state index contributed by atoms with van der Waals surface area (Å²) < 4.78 is 17.7. The molecule has 5 rings (SSSR count). The van der Waals surface area contributed by atoms with Crippen LogP contribution in [0.3, 0.4) is 0 Å². The fourth-order valence-electron chi connectivity index (χ4n) is 3.75. The summed E-state index contributed by atoms with van der Waals surface area (Å²) in [5.74, 6) is 1.58. The van der Waals surface area contributed by atoms with Crippen molar-refractivity contribution in [1.82, 2.24) is 0 Å². The molecule has 0 unspecified atom stereocenters. The summed E-state index contributed by atoms with van der Waals surface area (Å²) in [5.41, 5.74) is 2.19. The summed E-state index contributed by atoms with van der Waals surface area (Å²) in [7, 11) is 0. The zero-order valence-electron chi connectivity index (χ0n) is 14.3. The molecule has 132 valence electrons. The number of benzene rings is 2. The number of hydrogen-bond donors (Lipinski definition) is 1. The molecule has 1 N–H and O–H groups in total. The van der Waals surface area contributed by atoms with Crippen molar-refractivity contribution in [3.8, 4) is 17.2 Å². The van der Waals surface area contributed by atoms with Crippen molar-refractivity contribution in [3.63, 3.8) is 0 Å². The number of carbonyl (C=O) groups is 1. The zero-order chi connectivity index (χ0) is 17.6. The van der Waals surface area contributed by atoms with Crippen LogP contribution in [0.5, 0.6) is 17.2 Å². The van der Waals surface area contributed by atoms with E-state index < -0.39 is 5.79 Å². The maximum Gasteiger partial charge on any atom is 0.255 e. The van der Waals surface area contributed by atoms with Crippen molar-refractivity contribution in [2.24, 2.45) is 0 Å². The first-order valence-corrected chi connectivity index (χ1v) is 8.97. The Kier molecular flexibility index (Phi) is 3.42. The second-order valence-electron chi connectivity index (χ2n) is 6.93. The average Bonchev–Trinajstić information content (AvgIpc) is 3.27. The van der Waals surface area contributed by atoms with Crippen LogP contribution in [0.2, 0.25) is 0 Å². The second kappa shape index (κ2) is 5.80. The van der Waals surface area contributed by atoms with Gasteiger partial charge in [-0.3, -0.25) is 4.79 Å². The van der Waals surface area contributed by atoms with Crippen LogP contribution >= 0.6 is 0 Å². The van der Waals surface area contributed by atoms with Crippen molar-refractivity contribution in [2.75, 3.05) is 11.9 Å². The Morgan fingerprint density at radius 3 is 2.65 bits per heavy atom. The molecule has 1 spiro atoms. The molecule has 0 aromatic heterocycles. The number of para-hydroxylation sites is 1. The highest BCUT2D eigenvalue weighted by Gasteiger charge is 2.44. The summed E-state index contributed by atoms with van der Waals surface area (Å²) in [4.78, 5) is 12.6. The fraction of sp³-hybridized carbons (Fsp3) is 0.286. The Labute approximate surface area is 151 Å². The van der Waals surface area contributed by atoms with E-state index in [1.165, 1.54) is 0 Å². The minimum absolute atomic E-state index is 0.172. The number of anilines is 1. The van der Waals surface area contributed by atoms with Crippen molar-refractivity contribution >= 4 is 17.7 Å². The third kappa shape index (κ3) is 2.60. The van der Waals surface area contributed by atoms with Crippen LogP contribution in [0.4, 0.5) is 5.69 Å². The van der Waals surface area contributed by atoms with Gasteiger partial charge in [0.05, 0.1) is 5.57 Å². The van der Waals surface area contributed by atoms with Gasteiger partial charge >= 0.3 is 0 Å². The maximum absolute atomic E-state index is 12.6. The Bertz CT molecular complexity index is 912. The molecular weight excluding hydrogens is 330 g/mol. The Morgan fingerprint density at radius 2 is 1.77 bits per heavy atom. The highest BCUT2D eigenvalue weighted by molar-refractivity contribution is 6.07. The van der Waals surface area contributed by atoms with E-state index in [1.54, 1.807) is 0 Å². The summed E-state index contributed by atoms with van der Waals surface area (Å²) in [6, 6.07) is 13.2. The molecule has 0 radical (unpaired) electrons. The standard InChI is InChI=1S/C21H19NO4/c23-20(15-11-14-5-1-2-6-17(14)24-13-15)22-16-7-8-18-19(12-16)26-21(25-18)9-3-4-10-21/h1-2,5-8,11-12H,3-4,9-10,13H2,(H,22,23). The van der Waals surface area contributed by atoms with E-state index in [9.17, 15) is 4.79 Å². The highest BCUT2D eigenvalue weighted by atomic mass is 16.7. The lowest BCUT2D eigenvalue weighted by Crippen LogP contribution is -2.34. The number of nitrogens with one attached hydrogen (secondary N) is 1. The van der Waals surface area contributed by atoms with Crippen LogP contribution in [0.25, 0.3) is 6.08 Å². The normalized spacial score (nSPS) is 18.8. The lowest BCUT2D eigenvalue weighted by molar-refractivity contribution is -0.113. The molecule has 0 bridgehead atoms. The molecule has 26 heavy (non-hydrogen) atoms. The molecule has 5 nitrogen and oxygen atoms in total. The van der Waals surface area contributed by atoms with Crippen LogP contribution in [0.15, 0.2) is 48.0 Å². The first-order chi connectivity index (χ1) is 12.7. The van der Waals surface area contributed by atoms with E-state index in [0.717, 1.165) is 42.7 Å². The van der Waals surface area contributed by atoms with Crippen molar-refractivity contribution in [2.45, 2.75) is 31.5 Å². The van der Waals surface area contributed by atoms with Crippen molar-refractivity contribution in [3.05, 3.63) is 53.6 Å². The van der Waals surface area contributed by atoms with E-state index in [-0.39, 0.29) is 12.5 Å². The summed E-state index contributed by atoms with van der Waals surface area (Å²) in [6.45, 7) is 0.260. The Balaban J connectivity index is 1.34. The topological polar surface area (TPSA) is 56.8 Å².